The molecule has 1 rings (SSSR count). The van der Waals surface area contributed by atoms with Crippen LogP contribution in [0.5, 0.6) is 0 Å². The summed E-state index contributed by atoms with van der Waals surface area (Å²) >= 11 is 0. The van der Waals surface area contributed by atoms with E-state index in [-0.39, 0.29) is 0 Å². The largest absolute Gasteiger partial charge is 0.345 e. The molecule has 0 atom stereocenters. The number of rotatable bonds is 4. The van der Waals surface area contributed by atoms with Gasteiger partial charge < -0.3 is 4.90 Å². The van der Waals surface area contributed by atoms with E-state index in [0.29, 0.717) is 0 Å². The highest BCUT2D eigenvalue weighted by molar-refractivity contribution is 5.55. The number of likely N-dealkylation sites (N-methyl/N-ethyl adjacent to an activating group) is 1. The first-order valence-electron chi connectivity index (χ1n) is 5.45. The van der Waals surface area contributed by atoms with Gasteiger partial charge in [-0.05, 0) is 43.7 Å². The van der Waals surface area contributed by atoms with E-state index < -0.39 is 0 Å². The molecule has 0 bridgehead atoms. The van der Waals surface area contributed by atoms with E-state index in [4.69, 9.17) is 0 Å². The van der Waals surface area contributed by atoms with Crippen LogP contribution in [-0.2, 0) is 0 Å². The topological polar surface area (TPSA) is 3.24 Å². The van der Waals surface area contributed by atoms with Crippen molar-refractivity contribution in [1.82, 2.24) is 0 Å². The normalized spacial score (nSPS) is 11.8. The summed E-state index contributed by atoms with van der Waals surface area (Å²) < 4.78 is 0. The van der Waals surface area contributed by atoms with Crippen molar-refractivity contribution in [3.8, 4) is 0 Å². The van der Waals surface area contributed by atoms with Crippen molar-refractivity contribution < 1.29 is 0 Å². The summed E-state index contributed by atoms with van der Waals surface area (Å²) in [5, 5.41) is 0. The zero-order valence-electron chi connectivity index (χ0n) is 10.3. The van der Waals surface area contributed by atoms with E-state index >= 15 is 0 Å². The summed E-state index contributed by atoms with van der Waals surface area (Å²) in [5.74, 6) is 0. The van der Waals surface area contributed by atoms with Gasteiger partial charge in [0, 0.05) is 18.4 Å². The molecule has 0 saturated carbocycles. The number of benzene rings is 1. The maximum absolute atomic E-state index is 3.84. The first kappa shape index (κ1) is 12.3. The molecule has 0 aliphatic rings. The summed E-state index contributed by atoms with van der Waals surface area (Å²) in [4.78, 5) is 2.12. The molecule has 0 amide bonds. The van der Waals surface area contributed by atoms with Crippen LogP contribution in [0.1, 0.15) is 12.5 Å². The second-order valence-electron chi connectivity index (χ2n) is 3.72. The molecule has 0 fully saturated rings. The number of hydrogen-bond donors (Lipinski definition) is 0. The SMILES string of the molecule is C=C/C(=C\C=C/C)N(C)c1cccc(C)c1. The maximum atomic E-state index is 3.84. The Morgan fingerprint density at radius 1 is 1.38 bits per heavy atom. The van der Waals surface area contributed by atoms with Crippen molar-refractivity contribution in [3.63, 3.8) is 0 Å². The van der Waals surface area contributed by atoms with Crippen LogP contribution in [-0.4, -0.2) is 7.05 Å². The monoisotopic (exact) mass is 213 g/mol. The van der Waals surface area contributed by atoms with Crippen LogP contribution in [0.15, 0.2) is 60.8 Å². The maximum Gasteiger partial charge on any atom is 0.0410 e. The lowest BCUT2D eigenvalue weighted by atomic mass is 10.2. The van der Waals surface area contributed by atoms with Gasteiger partial charge in [-0.25, -0.2) is 0 Å². The predicted octanol–water partition coefficient (Wildman–Crippen LogP) is 4.08. The Labute approximate surface area is 98.4 Å². The molecule has 0 N–H and O–H groups in total. The Balaban J connectivity index is 2.99. The third-order valence-corrected chi connectivity index (χ3v) is 2.44. The molecule has 16 heavy (non-hydrogen) atoms. The van der Waals surface area contributed by atoms with Gasteiger partial charge in [-0.2, -0.15) is 0 Å². The molecule has 0 aliphatic heterocycles. The summed E-state index contributed by atoms with van der Waals surface area (Å²) in [6, 6.07) is 8.42. The average Bonchev–Trinajstić information content (AvgIpc) is 2.29. The van der Waals surface area contributed by atoms with Crippen molar-refractivity contribution in [2.75, 3.05) is 11.9 Å². The first-order chi connectivity index (χ1) is 7.69. The number of aryl methyl sites for hydroxylation is 1. The molecule has 0 saturated heterocycles. The molecule has 84 valence electrons. The molecule has 0 spiro atoms. The van der Waals surface area contributed by atoms with Gasteiger partial charge in [0.25, 0.3) is 0 Å². The third-order valence-electron chi connectivity index (χ3n) is 2.44. The van der Waals surface area contributed by atoms with Gasteiger partial charge in [0.1, 0.15) is 0 Å². The molecule has 0 heterocycles. The molecule has 1 aromatic carbocycles. The van der Waals surface area contributed by atoms with Crippen LogP contribution in [0.3, 0.4) is 0 Å². The van der Waals surface area contributed by atoms with Crippen molar-refractivity contribution in [3.05, 3.63) is 66.4 Å². The van der Waals surface area contributed by atoms with E-state index in [1.165, 1.54) is 11.3 Å². The smallest absolute Gasteiger partial charge is 0.0410 e. The summed E-state index contributed by atoms with van der Waals surface area (Å²) in [7, 11) is 2.05. The van der Waals surface area contributed by atoms with Crippen LogP contribution in [0.2, 0.25) is 0 Å². The van der Waals surface area contributed by atoms with Gasteiger partial charge >= 0.3 is 0 Å². The van der Waals surface area contributed by atoms with Gasteiger partial charge in [0.05, 0.1) is 0 Å². The fourth-order valence-electron chi connectivity index (χ4n) is 1.50. The quantitative estimate of drug-likeness (QED) is 0.681. The zero-order valence-corrected chi connectivity index (χ0v) is 10.3. The molecule has 1 nitrogen and oxygen atoms in total. The summed E-state index contributed by atoms with van der Waals surface area (Å²) in [5.41, 5.74) is 3.53. The Morgan fingerprint density at radius 2 is 2.12 bits per heavy atom. The fraction of sp³-hybridized carbons (Fsp3) is 0.200. The molecule has 0 radical (unpaired) electrons. The predicted molar refractivity (Wildman–Crippen MR) is 72.7 cm³/mol. The van der Waals surface area contributed by atoms with E-state index in [1.54, 1.807) is 0 Å². The lowest BCUT2D eigenvalue weighted by molar-refractivity contribution is 1.13. The van der Waals surface area contributed by atoms with Gasteiger partial charge in [-0.15, -0.1) is 0 Å². The lowest BCUT2D eigenvalue weighted by Gasteiger charge is -2.20. The van der Waals surface area contributed by atoms with Gasteiger partial charge in [0.2, 0.25) is 0 Å². The Bertz CT molecular complexity index is 413. The average molecular weight is 213 g/mol. The second-order valence-corrected chi connectivity index (χ2v) is 3.72. The second kappa shape index (κ2) is 5.96. The minimum absolute atomic E-state index is 1.09. The molecule has 0 unspecified atom stereocenters. The molecule has 1 aromatic rings. The Kier molecular flexibility index (Phi) is 4.59. The van der Waals surface area contributed by atoms with Gasteiger partial charge in [-0.1, -0.05) is 30.9 Å². The number of nitrogens with zero attached hydrogens (tertiary/aromatic N) is 1. The van der Waals surface area contributed by atoms with Crippen LogP contribution in [0.25, 0.3) is 0 Å². The van der Waals surface area contributed by atoms with Crippen molar-refractivity contribution >= 4 is 5.69 Å². The molecular formula is C15H19N. The molecular weight excluding hydrogens is 194 g/mol. The summed E-state index contributed by atoms with van der Waals surface area (Å²) in [6.07, 6.45) is 7.94. The van der Waals surface area contributed by atoms with Crippen molar-refractivity contribution in [2.45, 2.75) is 13.8 Å². The zero-order chi connectivity index (χ0) is 12.0. The lowest BCUT2D eigenvalue weighted by Crippen LogP contribution is -2.14. The number of anilines is 1. The Morgan fingerprint density at radius 3 is 2.69 bits per heavy atom. The summed E-state index contributed by atoms with van der Waals surface area (Å²) in [6.45, 7) is 7.94. The minimum Gasteiger partial charge on any atom is -0.345 e. The molecule has 1 heteroatoms. The van der Waals surface area contributed by atoms with Crippen molar-refractivity contribution in [2.24, 2.45) is 0 Å². The van der Waals surface area contributed by atoms with Crippen LogP contribution in [0, 0.1) is 6.92 Å². The van der Waals surface area contributed by atoms with E-state index in [1.807, 2.05) is 32.2 Å². The highest BCUT2D eigenvalue weighted by Gasteiger charge is 2.02. The van der Waals surface area contributed by atoms with Crippen LogP contribution >= 0.6 is 0 Å². The van der Waals surface area contributed by atoms with E-state index in [2.05, 4.69) is 48.7 Å². The molecule has 0 aromatic heterocycles. The third kappa shape index (κ3) is 3.13. The first-order valence-corrected chi connectivity index (χ1v) is 5.45. The Hall–Kier alpha value is -1.76. The van der Waals surface area contributed by atoms with E-state index in [0.717, 1.165) is 5.70 Å². The van der Waals surface area contributed by atoms with E-state index in [9.17, 15) is 0 Å². The fourth-order valence-corrected chi connectivity index (χ4v) is 1.50. The number of hydrogen-bond acceptors (Lipinski definition) is 1. The van der Waals surface area contributed by atoms with Crippen LogP contribution in [0.4, 0.5) is 5.69 Å². The van der Waals surface area contributed by atoms with Gasteiger partial charge in [-0.3, -0.25) is 0 Å². The van der Waals surface area contributed by atoms with Gasteiger partial charge in [0.15, 0.2) is 0 Å². The number of allylic oxidation sites excluding steroid dienone is 4. The van der Waals surface area contributed by atoms with Crippen LogP contribution < -0.4 is 4.90 Å². The highest BCUT2D eigenvalue weighted by atomic mass is 15.1. The molecule has 0 aliphatic carbocycles. The van der Waals surface area contributed by atoms with Crippen molar-refractivity contribution in [1.29, 1.82) is 0 Å². The minimum atomic E-state index is 1.09. The standard InChI is InChI=1S/C15H19N/c1-5-7-10-14(6-2)16(4)15-11-8-9-13(3)12-15/h5-12H,2H2,1,3-4H3/b7-5-,14-10+. The highest BCUT2D eigenvalue weighted by Crippen LogP contribution is 2.19.